The predicted molar refractivity (Wildman–Crippen MR) is 113 cm³/mol. The Morgan fingerprint density at radius 3 is 1.85 bits per heavy atom. The van der Waals surface area contributed by atoms with Crippen LogP contribution in [0.3, 0.4) is 0 Å². The van der Waals surface area contributed by atoms with Gasteiger partial charge in [-0.15, -0.1) is 0 Å². The van der Waals surface area contributed by atoms with Crippen LogP contribution in [-0.4, -0.2) is 36.2 Å². The fraction of sp³-hybridized carbons (Fsp3) is 0.217. The summed E-state index contributed by atoms with van der Waals surface area (Å²) >= 11 is 6.21. The second kappa shape index (κ2) is 10.0. The van der Waals surface area contributed by atoms with Crippen molar-refractivity contribution < 1.29 is 5.11 Å². The Bertz CT molecular complexity index is 776. The first-order valence-electron chi connectivity index (χ1n) is 9.22. The van der Waals surface area contributed by atoms with Gasteiger partial charge in [-0.3, -0.25) is 4.90 Å². The zero-order chi connectivity index (χ0) is 18.9. The number of benzene rings is 3. The zero-order valence-corrected chi connectivity index (χ0v) is 16.1. The van der Waals surface area contributed by atoms with E-state index in [1.165, 1.54) is 5.56 Å². The molecule has 4 rings (SSSR count). The van der Waals surface area contributed by atoms with Gasteiger partial charge in [-0.2, -0.15) is 0 Å². The van der Waals surface area contributed by atoms with Crippen molar-refractivity contribution in [2.45, 2.75) is 6.54 Å². The zero-order valence-electron chi connectivity index (χ0n) is 15.3. The molecule has 0 saturated carbocycles. The molecule has 1 heterocycles. The first kappa shape index (κ1) is 19.3. The number of hydrogen-bond acceptors (Lipinski definition) is 3. The van der Waals surface area contributed by atoms with Crippen LogP contribution in [0.15, 0.2) is 84.9 Å². The standard InChI is InChI=1S/C17H19ClN2O.C6H6/c18-16-12-15(21)6-7-17(16)20-10-8-19(9-11-20)13-14-4-2-1-3-5-14;1-2-4-6-5-3-1/h1-7,12,21H,8-11,13H2;1-6H. The summed E-state index contributed by atoms with van der Waals surface area (Å²) in [6.45, 7) is 4.95. The lowest BCUT2D eigenvalue weighted by molar-refractivity contribution is 0.250. The average molecular weight is 381 g/mol. The SMILES string of the molecule is Oc1ccc(N2CCN(Cc3ccccc3)CC2)c(Cl)c1.c1ccccc1. The topological polar surface area (TPSA) is 26.7 Å². The molecule has 0 unspecified atom stereocenters. The van der Waals surface area contributed by atoms with E-state index in [1.807, 2.05) is 48.5 Å². The lowest BCUT2D eigenvalue weighted by Crippen LogP contribution is -2.46. The molecule has 4 heteroatoms. The Morgan fingerprint density at radius 2 is 1.30 bits per heavy atom. The molecular formula is C23H25ClN2O. The van der Waals surface area contributed by atoms with Crippen LogP contribution in [0.25, 0.3) is 0 Å². The smallest absolute Gasteiger partial charge is 0.117 e. The molecule has 1 fully saturated rings. The molecule has 3 aromatic rings. The number of rotatable bonds is 3. The summed E-state index contributed by atoms with van der Waals surface area (Å²) in [5.74, 6) is 0.214. The summed E-state index contributed by atoms with van der Waals surface area (Å²) in [6, 6.07) is 27.7. The molecule has 1 N–H and O–H groups in total. The van der Waals surface area contributed by atoms with Crippen molar-refractivity contribution in [3.8, 4) is 5.75 Å². The van der Waals surface area contributed by atoms with Gasteiger partial charge in [0.15, 0.2) is 0 Å². The quantitative estimate of drug-likeness (QED) is 0.688. The highest BCUT2D eigenvalue weighted by Crippen LogP contribution is 2.30. The van der Waals surface area contributed by atoms with Crippen molar-refractivity contribution in [1.82, 2.24) is 4.90 Å². The highest BCUT2D eigenvalue weighted by Gasteiger charge is 2.19. The molecule has 3 aromatic carbocycles. The number of nitrogens with zero attached hydrogens (tertiary/aromatic N) is 2. The number of piperazine rings is 1. The number of anilines is 1. The van der Waals surface area contributed by atoms with Gasteiger partial charge < -0.3 is 10.0 Å². The molecule has 0 amide bonds. The molecule has 0 bridgehead atoms. The third-order valence-electron chi connectivity index (χ3n) is 4.56. The molecule has 3 nitrogen and oxygen atoms in total. The van der Waals surface area contributed by atoms with Gasteiger partial charge in [0, 0.05) is 38.8 Å². The maximum Gasteiger partial charge on any atom is 0.117 e. The molecule has 1 saturated heterocycles. The molecule has 0 atom stereocenters. The molecule has 27 heavy (non-hydrogen) atoms. The van der Waals surface area contributed by atoms with Gasteiger partial charge in [0.05, 0.1) is 10.7 Å². The van der Waals surface area contributed by atoms with Crippen molar-refractivity contribution in [3.05, 3.63) is 95.5 Å². The molecule has 1 aliphatic rings. The minimum atomic E-state index is 0.214. The maximum absolute atomic E-state index is 9.43. The van der Waals surface area contributed by atoms with E-state index in [-0.39, 0.29) is 5.75 Å². The van der Waals surface area contributed by atoms with Gasteiger partial charge in [0.1, 0.15) is 5.75 Å². The van der Waals surface area contributed by atoms with E-state index in [0.717, 1.165) is 38.4 Å². The van der Waals surface area contributed by atoms with E-state index >= 15 is 0 Å². The van der Waals surface area contributed by atoms with Crippen LogP contribution in [0.5, 0.6) is 5.75 Å². The second-order valence-electron chi connectivity index (χ2n) is 6.54. The van der Waals surface area contributed by atoms with Gasteiger partial charge in [-0.25, -0.2) is 0 Å². The summed E-state index contributed by atoms with van der Waals surface area (Å²) < 4.78 is 0. The average Bonchev–Trinajstić information content (AvgIpc) is 2.71. The number of hydrogen-bond donors (Lipinski definition) is 1. The van der Waals surface area contributed by atoms with Crippen LogP contribution < -0.4 is 4.90 Å². The molecule has 0 radical (unpaired) electrons. The van der Waals surface area contributed by atoms with E-state index in [4.69, 9.17) is 11.6 Å². The summed E-state index contributed by atoms with van der Waals surface area (Å²) in [7, 11) is 0. The highest BCUT2D eigenvalue weighted by molar-refractivity contribution is 6.33. The van der Waals surface area contributed by atoms with Crippen molar-refractivity contribution in [1.29, 1.82) is 0 Å². The first-order valence-corrected chi connectivity index (χ1v) is 9.60. The maximum atomic E-state index is 9.43. The fourth-order valence-electron chi connectivity index (χ4n) is 3.13. The molecular weight excluding hydrogens is 356 g/mol. The molecule has 0 spiro atoms. The predicted octanol–water partition coefficient (Wildman–Crippen LogP) is 5.05. The van der Waals surface area contributed by atoms with E-state index in [1.54, 1.807) is 12.1 Å². The van der Waals surface area contributed by atoms with E-state index in [0.29, 0.717) is 5.02 Å². The third kappa shape index (κ3) is 6.02. The minimum Gasteiger partial charge on any atom is -0.508 e. The van der Waals surface area contributed by atoms with Crippen LogP contribution in [0.4, 0.5) is 5.69 Å². The molecule has 0 aromatic heterocycles. The summed E-state index contributed by atoms with van der Waals surface area (Å²) in [5.41, 5.74) is 2.36. The van der Waals surface area contributed by atoms with Crippen molar-refractivity contribution in [3.63, 3.8) is 0 Å². The largest absolute Gasteiger partial charge is 0.508 e. The molecule has 1 aliphatic heterocycles. The number of halogens is 1. The lowest BCUT2D eigenvalue weighted by Gasteiger charge is -2.36. The Morgan fingerprint density at radius 1 is 0.741 bits per heavy atom. The normalized spacial score (nSPS) is 14.3. The second-order valence-corrected chi connectivity index (χ2v) is 6.95. The Labute approximate surface area is 166 Å². The van der Waals surface area contributed by atoms with E-state index in [2.05, 4.69) is 34.1 Å². The third-order valence-corrected chi connectivity index (χ3v) is 4.86. The van der Waals surface area contributed by atoms with E-state index < -0.39 is 0 Å². The van der Waals surface area contributed by atoms with Crippen LogP contribution in [0.2, 0.25) is 5.02 Å². The monoisotopic (exact) mass is 380 g/mol. The van der Waals surface area contributed by atoms with Crippen molar-refractivity contribution in [2.75, 3.05) is 31.1 Å². The van der Waals surface area contributed by atoms with Crippen LogP contribution >= 0.6 is 11.6 Å². The summed E-state index contributed by atoms with van der Waals surface area (Å²) in [4.78, 5) is 4.74. The van der Waals surface area contributed by atoms with Gasteiger partial charge in [-0.05, 0) is 17.7 Å². The number of phenols is 1. The van der Waals surface area contributed by atoms with E-state index in [9.17, 15) is 5.11 Å². The van der Waals surface area contributed by atoms with Gasteiger partial charge in [0.25, 0.3) is 0 Å². The minimum absolute atomic E-state index is 0.214. The van der Waals surface area contributed by atoms with Gasteiger partial charge in [0.2, 0.25) is 0 Å². The van der Waals surface area contributed by atoms with Crippen molar-refractivity contribution >= 4 is 17.3 Å². The van der Waals surface area contributed by atoms with Crippen molar-refractivity contribution in [2.24, 2.45) is 0 Å². The summed E-state index contributed by atoms with van der Waals surface area (Å²) in [5, 5.41) is 10.0. The number of phenolic OH excluding ortho intramolecular Hbond substituents is 1. The fourth-order valence-corrected chi connectivity index (χ4v) is 3.42. The highest BCUT2D eigenvalue weighted by atomic mass is 35.5. The number of aromatic hydroxyl groups is 1. The lowest BCUT2D eigenvalue weighted by atomic mass is 10.2. The first-order chi connectivity index (χ1) is 13.2. The Balaban J connectivity index is 0.000000299. The molecule has 0 aliphatic carbocycles. The van der Waals surface area contributed by atoms with Crippen LogP contribution in [0.1, 0.15) is 5.56 Å². The Kier molecular flexibility index (Phi) is 7.14. The molecule has 140 valence electrons. The van der Waals surface area contributed by atoms with Crippen LogP contribution in [0, 0.1) is 0 Å². The Hall–Kier alpha value is -2.49. The van der Waals surface area contributed by atoms with Gasteiger partial charge in [-0.1, -0.05) is 78.3 Å². The van der Waals surface area contributed by atoms with Gasteiger partial charge >= 0.3 is 0 Å². The summed E-state index contributed by atoms with van der Waals surface area (Å²) in [6.07, 6.45) is 0. The van der Waals surface area contributed by atoms with Crippen LogP contribution in [-0.2, 0) is 6.54 Å².